The quantitative estimate of drug-likeness (QED) is 0.581. The maximum atomic E-state index is 13.6. The van der Waals surface area contributed by atoms with Gasteiger partial charge in [0.1, 0.15) is 0 Å². The molecule has 1 heterocycles. The van der Waals surface area contributed by atoms with Crippen LogP contribution < -0.4 is 5.73 Å². The Morgan fingerprint density at radius 1 is 1.07 bits per heavy atom. The van der Waals surface area contributed by atoms with Crippen LogP contribution in [0.3, 0.4) is 0 Å². The van der Waals surface area contributed by atoms with Crippen molar-refractivity contribution in [2.45, 2.75) is 13.2 Å². The minimum absolute atomic E-state index is 0.165. The number of carbonyl (C=O) groups excluding carboxylic acids is 1. The molecule has 0 fully saturated rings. The molecule has 6 heteroatoms. The Hall–Kier alpha value is -3.25. The van der Waals surface area contributed by atoms with Crippen LogP contribution in [0.4, 0.5) is 8.78 Å². The van der Waals surface area contributed by atoms with Crippen LogP contribution in [0, 0.1) is 17.7 Å². The van der Waals surface area contributed by atoms with Gasteiger partial charge in [0.05, 0.1) is 17.6 Å². The van der Waals surface area contributed by atoms with Gasteiger partial charge in [-0.2, -0.15) is 0 Å². The summed E-state index contributed by atoms with van der Waals surface area (Å²) in [5.74, 6) is -2.39. The van der Waals surface area contributed by atoms with Crippen LogP contribution in [0.1, 0.15) is 21.5 Å². The number of rotatable bonds is 4. The molecule has 3 aromatic carbocycles. The van der Waals surface area contributed by atoms with E-state index in [-0.39, 0.29) is 13.2 Å². The Balaban J connectivity index is 2.02. The summed E-state index contributed by atoms with van der Waals surface area (Å²) in [7, 11) is 0. The van der Waals surface area contributed by atoms with E-state index in [0.29, 0.717) is 27.5 Å². The van der Waals surface area contributed by atoms with Crippen LogP contribution in [-0.2, 0) is 13.2 Å². The Morgan fingerprint density at radius 2 is 1.89 bits per heavy atom. The van der Waals surface area contributed by atoms with Crippen LogP contribution in [-0.4, -0.2) is 15.6 Å². The first kappa shape index (κ1) is 17.2. The van der Waals surface area contributed by atoms with Crippen molar-refractivity contribution in [2.24, 2.45) is 5.73 Å². The molecule has 1 amide bonds. The van der Waals surface area contributed by atoms with Crippen molar-refractivity contribution < 1.29 is 18.7 Å². The van der Waals surface area contributed by atoms with Gasteiger partial charge in [0.15, 0.2) is 11.6 Å². The highest BCUT2D eigenvalue weighted by Gasteiger charge is 2.17. The van der Waals surface area contributed by atoms with Gasteiger partial charge in [-0.05, 0) is 53.6 Å². The molecular weight excluding hydrogens is 350 g/mol. The summed E-state index contributed by atoms with van der Waals surface area (Å²) in [6, 6.07) is 15.5. The molecule has 3 N–H and O–H groups in total. The van der Waals surface area contributed by atoms with Gasteiger partial charge < -0.3 is 15.4 Å². The minimum Gasteiger partial charge on any atom is -0.392 e. The Labute approximate surface area is 153 Å². The SMILES string of the molecule is NC(=O)c1cccc2c1c1[c]cc(CO)cc1n2Cc1ccc(F)c(F)c1. The fraction of sp³-hybridized carbons (Fsp3) is 0.0952. The standard InChI is InChI=1S/C21H15F2N2O2/c22-16-7-5-12(8-17(16)23)10-25-18-3-1-2-15(21(24)27)20(18)14-6-4-13(11-26)9-19(14)25/h1-5,7-9,26H,10-11H2,(H2,24,27). The largest absolute Gasteiger partial charge is 0.392 e. The summed E-state index contributed by atoms with van der Waals surface area (Å²) in [4.78, 5) is 11.9. The third kappa shape index (κ3) is 2.84. The highest BCUT2D eigenvalue weighted by atomic mass is 19.2. The molecule has 0 aliphatic heterocycles. The van der Waals surface area contributed by atoms with E-state index in [1.54, 1.807) is 24.3 Å². The molecule has 0 atom stereocenters. The fourth-order valence-corrected chi connectivity index (χ4v) is 3.39. The highest BCUT2D eigenvalue weighted by molar-refractivity contribution is 6.17. The molecule has 0 aliphatic rings. The number of hydrogen-bond donors (Lipinski definition) is 2. The predicted octanol–water partition coefficient (Wildman–Crippen LogP) is 3.51. The second kappa shape index (κ2) is 6.48. The average Bonchev–Trinajstić information content (AvgIpc) is 2.97. The van der Waals surface area contributed by atoms with Gasteiger partial charge in [-0.3, -0.25) is 4.79 Å². The van der Waals surface area contributed by atoms with Crippen LogP contribution in [0.15, 0.2) is 48.5 Å². The van der Waals surface area contributed by atoms with E-state index < -0.39 is 17.5 Å². The third-order valence-corrected chi connectivity index (χ3v) is 4.63. The van der Waals surface area contributed by atoms with Gasteiger partial charge in [0.2, 0.25) is 5.91 Å². The van der Waals surface area contributed by atoms with Crippen molar-refractivity contribution in [1.82, 2.24) is 4.57 Å². The maximum Gasteiger partial charge on any atom is 0.249 e. The number of aromatic nitrogens is 1. The molecule has 4 aromatic rings. The number of benzene rings is 3. The first-order chi connectivity index (χ1) is 13.0. The molecule has 4 rings (SSSR count). The van der Waals surface area contributed by atoms with Gasteiger partial charge >= 0.3 is 0 Å². The molecular formula is C21H15F2N2O2. The van der Waals surface area contributed by atoms with Crippen LogP contribution >= 0.6 is 0 Å². The molecule has 0 unspecified atom stereocenters. The minimum atomic E-state index is -0.922. The molecule has 1 aromatic heterocycles. The number of fused-ring (bicyclic) bond motifs is 3. The summed E-state index contributed by atoms with van der Waals surface area (Å²) >= 11 is 0. The molecule has 0 spiro atoms. The van der Waals surface area contributed by atoms with E-state index in [1.807, 2.05) is 10.6 Å². The smallest absolute Gasteiger partial charge is 0.249 e. The number of carbonyl (C=O) groups is 1. The molecule has 0 saturated heterocycles. The van der Waals surface area contributed by atoms with Crippen molar-refractivity contribution in [3.8, 4) is 0 Å². The second-order valence-electron chi connectivity index (χ2n) is 6.32. The lowest BCUT2D eigenvalue weighted by Gasteiger charge is -2.09. The van der Waals surface area contributed by atoms with Crippen LogP contribution in [0.25, 0.3) is 21.8 Å². The zero-order valence-corrected chi connectivity index (χ0v) is 14.2. The van der Waals surface area contributed by atoms with Crippen molar-refractivity contribution in [2.75, 3.05) is 0 Å². The van der Waals surface area contributed by atoms with Crippen molar-refractivity contribution in [1.29, 1.82) is 0 Å². The maximum absolute atomic E-state index is 13.6. The number of amides is 1. The zero-order chi connectivity index (χ0) is 19.1. The molecule has 0 aliphatic carbocycles. The molecule has 1 radical (unpaired) electrons. The van der Waals surface area contributed by atoms with E-state index in [4.69, 9.17) is 5.73 Å². The molecule has 27 heavy (non-hydrogen) atoms. The van der Waals surface area contributed by atoms with E-state index in [1.165, 1.54) is 6.07 Å². The van der Waals surface area contributed by atoms with Crippen molar-refractivity contribution in [3.05, 3.63) is 82.9 Å². The van der Waals surface area contributed by atoms with Gasteiger partial charge in [-0.1, -0.05) is 12.1 Å². The summed E-state index contributed by atoms with van der Waals surface area (Å²) in [5, 5.41) is 10.8. The number of hydrogen-bond acceptors (Lipinski definition) is 2. The number of aliphatic hydroxyl groups is 1. The summed E-state index contributed by atoms with van der Waals surface area (Å²) in [6.45, 7) is 0.0873. The lowest BCUT2D eigenvalue weighted by molar-refractivity contribution is 0.100. The number of nitrogens with two attached hydrogens (primary N) is 1. The van der Waals surface area contributed by atoms with Gasteiger partial charge in [-0.25, -0.2) is 8.78 Å². The zero-order valence-electron chi connectivity index (χ0n) is 14.2. The number of halogens is 2. The lowest BCUT2D eigenvalue weighted by Crippen LogP contribution is -2.11. The fourth-order valence-electron chi connectivity index (χ4n) is 3.39. The van der Waals surface area contributed by atoms with Gasteiger partial charge in [0, 0.05) is 22.9 Å². The van der Waals surface area contributed by atoms with Crippen molar-refractivity contribution >= 4 is 27.7 Å². The lowest BCUT2D eigenvalue weighted by atomic mass is 10.0. The number of nitrogens with zero attached hydrogens (tertiary/aromatic N) is 1. The van der Waals surface area contributed by atoms with E-state index in [9.17, 15) is 18.7 Å². The molecule has 0 saturated carbocycles. The number of primary amides is 1. The summed E-state index contributed by atoms with van der Waals surface area (Å²) in [6.07, 6.45) is 0. The Morgan fingerprint density at radius 3 is 2.59 bits per heavy atom. The summed E-state index contributed by atoms with van der Waals surface area (Å²) < 4.78 is 28.8. The monoisotopic (exact) mass is 365 g/mol. The molecule has 4 nitrogen and oxygen atoms in total. The third-order valence-electron chi connectivity index (χ3n) is 4.63. The van der Waals surface area contributed by atoms with E-state index in [2.05, 4.69) is 6.07 Å². The average molecular weight is 365 g/mol. The molecule has 135 valence electrons. The van der Waals surface area contributed by atoms with Gasteiger partial charge in [-0.15, -0.1) is 0 Å². The second-order valence-corrected chi connectivity index (χ2v) is 6.32. The van der Waals surface area contributed by atoms with Crippen molar-refractivity contribution in [3.63, 3.8) is 0 Å². The van der Waals surface area contributed by atoms with Gasteiger partial charge in [0.25, 0.3) is 0 Å². The number of aliphatic hydroxyl groups excluding tert-OH is 1. The van der Waals surface area contributed by atoms with E-state index in [0.717, 1.165) is 23.2 Å². The first-order valence-electron chi connectivity index (χ1n) is 8.29. The molecule has 0 bridgehead atoms. The topological polar surface area (TPSA) is 68.2 Å². The summed E-state index contributed by atoms with van der Waals surface area (Å²) in [5.41, 5.74) is 8.54. The van der Waals surface area contributed by atoms with E-state index >= 15 is 0 Å². The Bertz CT molecular complexity index is 1200. The van der Waals surface area contributed by atoms with Crippen LogP contribution in [0.5, 0.6) is 0 Å². The Kier molecular flexibility index (Phi) is 4.12. The first-order valence-corrected chi connectivity index (χ1v) is 8.29. The normalized spacial score (nSPS) is 11.4. The van der Waals surface area contributed by atoms with Crippen LogP contribution in [0.2, 0.25) is 0 Å². The highest BCUT2D eigenvalue weighted by Crippen LogP contribution is 2.32. The predicted molar refractivity (Wildman–Crippen MR) is 98.2 cm³/mol.